The number of hydrogen-bond acceptors (Lipinski definition) is 4. The Labute approximate surface area is 132 Å². The zero-order valence-electron chi connectivity index (χ0n) is 12.8. The van der Waals surface area contributed by atoms with Crippen molar-refractivity contribution in [2.75, 3.05) is 0 Å². The maximum atomic E-state index is 11.6. The van der Waals surface area contributed by atoms with Crippen molar-refractivity contribution >= 4 is 23.1 Å². The number of benzene rings is 1. The number of aryl methyl sites for hydroxylation is 1. The molecule has 0 aliphatic heterocycles. The van der Waals surface area contributed by atoms with E-state index < -0.39 is 0 Å². The Morgan fingerprint density at radius 3 is 3.00 bits per heavy atom. The topological polar surface area (TPSA) is 97.8 Å². The number of nitrogens with zero attached hydrogens (tertiary/aromatic N) is 2. The van der Waals surface area contributed by atoms with Crippen LogP contribution in [-0.4, -0.2) is 21.1 Å². The molecule has 6 heteroatoms. The molecule has 2 aromatic heterocycles. The van der Waals surface area contributed by atoms with Gasteiger partial charge in [0.1, 0.15) is 5.52 Å². The molecule has 2 heterocycles. The number of nitrogens with one attached hydrogen (secondary N) is 1. The first-order chi connectivity index (χ1) is 11.0. The van der Waals surface area contributed by atoms with Crippen molar-refractivity contribution in [3.8, 4) is 11.3 Å². The van der Waals surface area contributed by atoms with Crippen molar-refractivity contribution in [3.63, 3.8) is 0 Å². The van der Waals surface area contributed by atoms with Gasteiger partial charge in [0, 0.05) is 24.0 Å². The molecular weight excluding hydrogens is 292 g/mol. The summed E-state index contributed by atoms with van der Waals surface area (Å²) in [6.45, 7) is 3.82. The highest BCUT2D eigenvalue weighted by Gasteiger charge is 2.31. The number of fused-ring (bicyclic) bond motifs is 2. The molecule has 0 saturated carbocycles. The van der Waals surface area contributed by atoms with Crippen LogP contribution < -0.4 is 5.73 Å². The number of nitrogens with two attached hydrogens (primary N) is 1. The lowest BCUT2D eigenvalue weighted by Crippen LogP contribution is -2.27. The van der Waals surface area contributed by atoms with Crippen molar-refractivity contribution in [2.24, 2.45) is 11.7 Å². The van der Waals surface area contributed by atoms with Crippen LogP contribution >= 0.6 is 0 Å². The highest BCUT2D eigenvalue weighted by Crippen LogP contribution is 2.39. The molecule has 0 fully saturated rings. The molecule has 0 spiro atoms. The van der Waals surface area contributed by atoms with E-state index >= 15 is 0 Å². The van der Waals surface area contributed by atoms with Crippen LogP contribution in [0.1, 0.15) is 30.0 Å². The van der Waals surface area contributed by atoms with Crippen LogP contribution in [-0.2, 0) is 4.79 Å². The lowest BCUT2D eigenvalue weighted by Gasteiger charge is -2.22. The highest BCUT2D eigenvalue weighted by molar-refractivity contribution is 5.85. The largest absolute Gasteiger partial charge is 0.441 e. The predicted octanol–water partition coefficient (Wildman–Crippen LogP) is 2.76. The van der Waals surface area contributed by atoms with Crippen LogP contribution in [0.15, 0.2) is 28.7 Å². The SMILES string of the molecule is Cc1nc2cc(-c3n[nH]c4c3C(C)C(C(N)=O)C=C4)ccc2o1. The Kier molecular flexibility index (Phi) is 2.87. The Morgan fingerprint density at radius 2 is 2.22 bits per heavy atom. The molecule has 1 aliphatic rings. The molecule has 1 amide bonds. The van der Waals surface area contributed by atoms with Gasteiger partial charge in [-0.3, -0.25) is 9.89 Å². The third-order valence-electron chi connectivity index (χ3n) is 4.39. The van der Waals surface area contributed by atoms with Gasteiger partial charge in [-0.2, -0.15) is 5.10 Å². The number of primary amides is 1. The second-order valence-corrected chi connectivity index (χ2v) is 5.89. The maximum Gasteiger partial charge on any atom is 0.224 e. The third kappa shape index (κ3) is 2.06. The Hall–Kier alpha value is -2.89. The lowest BCUT2D eigenvalue weighted by molar-refractivity contribution is -0.120. The summed E-state index contributed by atoms with van der Waals surface area (Å²) < 4.78 is 5.51. The molecule has 2 unspecified atom stereocenters. The van der Waals surface area contributed by atoms with E-state index in [1.165, 1.54) is 0 Å². The summed E-state index contributed by atoms with van der Waals surface area (Å²) in [5, 5.41) is 7.47. The quantitative estimate of drug-likeness (QED) is 0.760. The summed E-state index contributed by atoms with van der Waals surface area (Å²) in [5.74, 6) is -0.0479. The van der Waals surface area contributed by atoms with Gasteiger partial charge >= 0.3 is 0 Å². The van der Waals surface area contributed by atoms with E-state index in [-0.39, 0.29) is 17.7 Å². The number of amides is 1. The third-order valence-corrected chi connectivity index (χ3v) is 4.39. The number of carbonyl (C=O) groups is 1. The van der Waals surface area contributed by atoms with Gasteiger partial charge in [0.05, 0.1) is 17.3 Å². The van der Waals surface area contributed by atoms with Crippen molar-refractivity contribution in [1.82, 2.24) is 15.2 Å². The second kappa shape index (κ2) is 4.81. The number of oxazole rings is 1. The van der Waals surface area contributed by atoms with E-state index in [0.717, 1.165) is 33.6 Å². The minimum absolute atomic E-state index is 0.0315. The van der Waals surface area contributed by atoms with E-state index in [2.05, 4.69) is 15.2 Å². The van der Waals surface area contributed by atoms with Gasteiger partial charge in [-0.25, -0.2) is 4.98 Å². The number of aromatic nitrogens is 3. The summed E-state index contributed by atoms with van der Waals surface area (Å²) in [5.41, 5.74) is 10.7. The van der Waals surface area contributed by atoms with Gasteiger partial charge < -0.3 is 10.2 Å². The smallest absolute Gasteiger partial charge is 0.224 e. The summed E-state index contributed by atoms with van der Waals surface area (Å²) in [6, 6.07) is 5.79. The van der Waals surface area contributed by atoms with Gasteiger partial charge in [0.25, 0.3) is 0 Å². The molecule has 4 rings (SSSR count). The number of aromatic amines is 1. The Bertz CT molecular complexity index is 951. The van der Waals surface area contributed by atoms with Crippen LogP contribution in [0.2, 0.25) is 0 Å². The number of rotatable bonds is 2. The summed E-state index contributed by atoms with van der Waals surface area (Å²) >= 11 is 0. The van der Waals surface area contributed by atoms with Crippen LogP contribution in [0.5, 0.6) is 0 Å². The molecule has 1 aromatic carbocycles. The van der Waals surface area contributed by atoms with Crippen molar-refractivity contribution in [3.05, 3.63) is 41.4 Å². The fourth-order valence-corrected chi connectivity index (χ4v) is 3.25. The molecular formula is C17H16N4O2. The minimum atomic E-state index is -0.325. The average molecular weight is 308 g/mol. The van der Waals surface area contributed by atoms with E-state index in [1.54, 1.807) is 0 Å². The van der Waals surface area contributed by atoms with Gasteiger partial charge in [0.15, 0.2) is 11.5 Å². The highest BCUT2D eigenvalue weighted by atomic mass is 16.3. The molecule has 3 aromatic rings. The minimum Gasteiger partial charge on any atom is -0.441 e. The van der Waals surface area contributed by atoms with Gasteiger partial charge in [-0.1, -0.05) is 13.0 Å². The number of carbonyl (C=O) groups excluding carboxylic acids is 1. The van der Waals surface area contributed by atoms with E-state index in [9.17, 15) is 4.79 Å². The normalized spacial score (nSPS) is 19.9. The molecule has 0 bridgehead atoms. The molecule has 1 aliphatic carbocycles. The fourth-order valence-electron chi connectivity index (χ4n) is 3.25. The Morgan fingerprint density at radius 1 is 1.39 bits per heavy atom. The maximum absolute atomic E-state index is 11.6. The summed E-state index contributed by atoms with van der Waals surface area (Å²) in [4.78, 5) is 16.0. The van der Waals surface area contributed by atoms with Crippen LogP contribution in [0.25, 0.3) is 28.4 Å². The van der Waals surface area contributed by atoms with Crippen molar-refractivity contribution < 1.29 is 9.21 Å². The zero-order chi connectivity index (χ0) is 16.1. The van der Waals surface area contributed by atoms with Crippen LogP contribution in [0.3, 0.4) is 0 Å². The Balaban J connectivity index is 1.85. The molecule has 0 radical (unpaired) electrons. The fraction of sp³-hybridized carbons (Fsp3) is 0.235. The molecule has 6 nitrogen and oxygen atoms in total. The summed E-state index contributed by atoms with van der Waals surface area (Å²) in [6.07, 6.45) is 3.71. The second-order valence-electron chi connectivity index (χ2n) is 5.89. The zero-order valence-corrected chi connectivity index (χ0v) is 12.8. The monoisotopic (exact) mass is 308 g/mol. The first kappa shape index (κ1) is 13.8. The van der Waals surface area contributed by atoms with Crippen LogP contribution in [0.4, 0.5) is 0 Å². The first-order valence-corrected chi connectivity index (χ1v) is 7.48. The van der Waals surface area contributed by atoms with Crippen molar-refractivity contribution in [2.45, 2.75) is 19.8 Å². The molecule has 3 N–H and O–H groups in total. The van der Waals surface area contributed by atoms with Gasteiger partial charge in [0.2, 0.25) is 5.91 Å². The molecule has 23 heavy (non-hydrogen) atoms. The lowest BCUT2D eigenvalue weighted by atomic mass is 9.81. The van der Waals surface area contributed by atoms with Gasteiger partial charge in [-0.15, -0.1) is 0 Å². The van der Waals surface area contributed by atoms with Gasteiger partial charge in [-0.05, 0) is 24.3 Å². The number of hydrogen-bond donors (Lipinski definition) is 2. The average Bonchev–Trinajstić information content (AvgIpc) is 3.08. The van der Waals surface area contributed by atoms with E-state index in [0.29, 0.717) is 5.89 Å². The van der Waals surface area contributed by atoms with Crippen LogP contribution in [0, 0.1) is 12.8 Å². The predicted molar refractivity (Wildman–Crippen MR) is 86.5 cm³/mol. The first-order valence-electron chi connectivity index (χ1n) is 7.48. The molecule has 116 valence electrons. The van der Waals surface area contributed by atoms with Crippen molar-refractivity contribution in [1.29, 1.82) is 0 Å². The van der Waals surface area contributed by atoms with E-state index in [1.807, 2.05) is 44.2 Å². The van der Waals surface area contributed by atoms with E-state index in [4.69, 9.17) is 10.2 Å². The molecule has 2 atom stereocenters. The standard InChI is InChI=1S/C17H16N4O2/c1-8-11(17(18)22)4-5-12-15(8)16(21-20-12)10-3-6-14-13(7-10)19-9(2)23-14/h3-8,11H,1-2H3,(H2,18,22)(H,20,21). The summed E-state index contributed by atoms with van der Waals surface area (Å²) in [7, 11) is 0. The molecule has 0 saturated heterocycles. The number of H-pyrrole nitrogens is 1.